The quantitative estimate of drug-likeness (QED) is 0.179. The Morgan fingerprint density at radius 3 is 0.694 bits per heavy atom. The second-order valence-electron chi connectivity index (χ2n) is 17.0. The van der Waals surface area contributed by atoms with E-state index < -0.39 is 0 Å². The predicted octanol–water partition coefficient (Wildman–Crippen LogP) is 6.82. The summed E-state index contributed by atoms with van der Waals surface area (Å²) in [5.74, 6) is 29.3. The largest absolute Gasteiger partial charge is 0.481 e. The molecule has 12 bridgehead atoms. The molecule has 8 heteroatoms. The number of rotatable bonds is 0. The molecule has 320 valence electrons. The molecule has 2 fully saturated rings. The number of nitrogens with zero attached hydrogens (tertiary/aromatic N) is 4. The number of ether oxygens (including phenoxy) is 4. The highest BCUT2D eigenvalue weighted by Crippen LogP contribution is 2.34. The van der Waals surface area contributed by atoms with Crippen LogP contribution in [0.5, 0.6) is 23.0 Å². The van der Waals surface area contributed by atoms with Crippen LogP contribution in [-0.4, -0.2) is 125 Å². The maximum atomic E-state index is 5.97. The van der Waals surface area contributed by atoms with Gasteiger partial charge in [-0.3, -0.25) is 19.6 Å². The van der Waals surface area contributed by atoms with Crippen LogP contribution in [0.15, 0.2) is 97.1 Å². The summed E-state index contributed by atoms with van der Waals surface area (Å²) >= 11 is 0. The molecule has 0 atom stereocenters. The first-order valence-electron chi connectivity index (χ1n) is 21.9. The Labute approximate surface area is 370 Å². The van der Waals surface area contributed by atoms with E-state index in [4.69, 9.17) is 18.9 Å². The van der Waals surface area contributed by atoms with E-state index in [1.807, 2.05) is 48.5 Å². The zero-order chi connectivity index (χ0) is 43.0. The lowest BCUT2D eigenvalue weighted by atomic mass is 9.78. The maximum absolute atomic E-state index is 5.97. The Morgan fingerprint density at radius 2 is 0.500 bits per heavy atom. The van der Waals surface area contributed by atoms with Gasteiger partial charge in [0.25, 0.3) is 0 Å². The topological polar surface area (TPSA) is 49.9 Å². The second kappa shape index (κ2) is 21.8. The van der Waals surface area contributed by atoms with Crippen molar-refractivity contribution in [2.45, 2.75) is 38.5 Å². The lowest BCUT2D eigenvalue weighted by Gasteiger charge is -2.32. The number of hydrogen-bond acceptors (Lipinski definition) is 8. The summed E-state index contributed by atoms with van der Waals surface area (Å²) in [6, 6.07) is 33.4. The maximum Gasteiger partial charge on any atom is 0.149 e. The van der Waals surface area contributed by atoms with Crippen molar-refractivity contribution < 1.29 is 18.9 Å². The summed E-state index contributed by atoms with van der Waals surface area (Å²) in [6.45, 7) is 21.2. The molecule has 0 aliphatic carbocycles. The van der Waals surface area contributed by atoms with E-state index in [1.54, 1.807) is 0 Å². The fourth-order valence-corrected chi connectivity index (χ4v) is 7.77. The minimum Gasteiger partial charge on any atom is -0.481 e. The fraction of sp³-hybridized carbons (Fsp3) is 0.407. The molecule has 12 aliphatic heterocycles. The smallest absolute Gasteiger partial charge is 0.149 e. The Balaban J connectivity index is 0.938. The third kappa shape index (κ3) is 12.6. The van der Waals surface area contributed by atoms with Gasteiger partial charge >= 0.3 is 0 Å². The van der Waals surface area contributed by atoms with Crippen molar-refractivity contribution in [2.75, 3.05) is 105 Å². The number of hydrogen-bond donors (Lipinski definition) is 0. The highest BCUT2D eigenvalue weighted by molar-refractivity contribution is 5.43. The summed E-state index contributed by atoms with van der Waals surface area (Å²) in [5.41, 5.74) is 4.48. The van der Waals surface area contributed by atoms with Crippen LogP contribution in [0.3, 0.4) is 0 Å². The van der Waals surface area contributed by atoms with Crippen LogP contribution in [0.4, 0.5) is 0 Å². The average molecular weight is 829 g/mol. The molecule has 62 heavy (non-hydrogen) atoms. The highest BCUT2D eigenvalue weighted by atomic mass is 16.5. The monoisotopic (exact) mass is 828 g/mol. The zero-order valence-corrected chi connectivity index (χ0v) is 37.0. The Kier molecular flexibility index (Phi) is 15.5. The van der Waals surface area contributed by atoms with Crippen LogP contribution in [0.25, 0.3) is 0 Å². The van der Waals surface area contributed by atoms with Crippen LogP contribution in [0, 0.1) is 47.4 Å². The molecule has 0 saturated carbocycles. The molecule has 16 rings (SSSR count). The normalized spacial score (nSPS) is 22.9. The zero-order valence-electron chi connectivity index (χ0n) is 37.0. The van der Waals surface area contributed by atoms with Crippen molar-refractivity contribution in [1.82, 2.24) is 19.6 Å². The summed E-state index contributed by atoms with van der Waals surface area (Å²) in [4.78, 5) is 9.55. The van der Waals surface area contributed by atoms with Gasteiger partial charge in [0.1, 0.15) is 49.4 Å². The predicted molar refractivity (Wildman–Crippen MR) is 249 cm³/mol. The molecule has 4 aromatic rings. The second-order valence-corrected chi connectivity index (χ2v) is 17.0. The molecular formula is C54H60N4O4. The van der Waals surface area contributed by atoms with Gasteiger partial charge < -0.3 is 18.9 Å². The number of piperazine rings is 2. The van der Waals surface area contributed by atoms with Crippen LogP contribution < -0.4 is 18.9 Å². The summed E-state index contributed by atoms with van der Waals surface area (Å²) in [7, 11) is 0. The van der Waals surface area contributed by atoms with E-state index in [-0.39, 0.29) is 10.8 Å². The van der Waals surface area contributed by atoms with E-state index in [0.29, 0.717) is 26.4 Å². The molecule has 12 heterocycles. The van der Waals surface area contributed by atoms with Crippen molar-refractivity contribution in [3.8, 4) is 70.4 Å². The van der Waals surface area contributed by atoms with Crippen molar-refractivity contribution in [3.05, 3.63) is 119 Å². The lowest BCUT2D eigenvalue weighted by molar-refractivity contribution is 0.157. The van der Waals surface area contributed by atoms with E-state index in [0.717, 1.165) is 102 Å². The first kappa shape index (κ1) is 44.2. The average Bonchev–Trinajstić information content (AvgIpc) is 3.30. The van der Waals surface area contributed by atoms with Gasteiger partial charge in [-0.1, -0.05) is 124 Å². The van der Waals surface area contributed by atoms with Gasteiger partial charge in [-0.15, -0.1) is 0 Å². The Morgan fingerprint density at radius 1 is 0.306 bits per heavy atom. The Hall–Kier alpha value is -5.84. The third-order valence-corrected chi connectivity index (χ3v) is 12.2. The number of benzene rings is 4. The third-order valence-electron chi connectivity index (χ3n) is 12.2. The highest BCUT2D eigenvalue weighted by Gasteiger charge is 2.24. The fourth-order valence-electron chi connectivity index (χ4n) is 7.77. The van der Waals surface area contributed by atoms with Gasteiger partial charge in [0, 0.05) is 63.2 Å². The summed E-state index contributed by atoms with van der Waals surface area (Å²) in [6.07, 6.45) is 0. The Bertz CT molecular complexity index is 1960. The molecule has 4 aromatic carbocycles. The lowest BCUT2D eigenvalue weighted by Crippen LogP contribution is -2.46. The first-order chi connectivity index (χ1) is 30.2. The van der Waals surface area contributed by atoms with E-state index in [1.165, 1.54) is 22.3 Å². The molecule has 2 saturated heterocycles. The van der Waals surface area contributed by atoms with E-state index in [9.17, 15) is 0 Å². The van der Waals surface area contributed by atoms with E-state index in [2.05, 4.69) is 143 Å². The summed E-state index contributed by atoms with van der Waals surface area (Å²) < 4.78 is 23.9. The van der Waals surface area contributed by atoms with Gasteiger partial charge in [0.15, 0.2) is 0 Å². The van der Waals surface area contributed by atoms with Gasteiger partial charge in [0.05, 0.1) is 26.2 Å². The van der Waals surface area contributed by atoms with Crippen molar-refractivity contribution in [1.29, 1.82) is 0 Å². The molecule has 0 aromatic heterocycles. The molecule has 8 nitrogen and oxygen atoms in total. The van der Waals surface area contributed by atoms with Crippen LogP contribution in [0.1, 0.15) is 49.9 Å². The SMILES string of the molecule is CC1(C)c2ccc(cc2)OCC#CCN2CCN(CC#CCOc3ccc(cc3)C(C)(C)c3ccc(cc3)OCC#CCN3CCN(CC#CCOc4ccc1cc4)CC3)CC2. The molecule has 0 spiro atoms. The molecule has 0 radical (unpaired) electrons. The molecule has 0 amide bonds. The minimum atomic E-state index is -0.184. The first-order valence-corrected chi connectivity index (χ1v) is 21.9. The summed E-state index contributed by atoms with van der Waals surface area (Å²) in [5, 5.41) is 0. The molecular weight excluding hydrogens is 769 g/mol. The molecule has 0 unspecified atom stereocenters. The van der Waals surface area contributed by atoms with Crippen molar-refractivity contribution in [3.63, 3.8) is 0 Å². The molecule has 0 N–H and O–H groups in total. The van der Waals surface area contributed by atoms with Crippen LogP contribution in [0.2, 0.25) is 0 Å². The minimum absolute atomic E-state index is 0.184. The molecule has 12 aliphatic rings. The van der Waals surface area contributed by atoms with Crippen molar-refractivity contribution >= 4 is 0 Å². The van der Waals surface area contributed by atoms with Gasteiger partial charge in [-0.05, 0) is 70.8 Å². The van der Waals surface area contributed by atoms with Crippen LogP contribution in [-0.2, 0) is 10.8 Å². The van der Waals surface area contributed by atoms with Crippen molar-refractivity contribution in [2.24, 2.45) is 0 Å². The van der Waals surface area contributed by atoms with E-state index >= 15 is 0 Å². The van der Waals surface area contributed by atoms with Crippen LogP contribution >= 0.6 is 0 Å². The van der Waals surface area contributed by atoms with Gasteiger partial charge in [0.2, 0.25) is 0 Å². The van der Waals surface area contributed by atoms with Gasteiger partial charge in [-0.25, -0.2) is 0 Å². The standard InChI is InChI=1S/C54H60N4O4/c1-53(2)45-13-21-49(22-14-45)59-41-9-5-29-55-33-37-57(38-34-55)31-7-11-43-61-51-25-17-47(18-26-51)54(3,4)48-19-27-52(28-20-48)62-44-12-8-32-58-39-35-56(36-40-58)30-6-10-42-60-50-23-15-46(53)16-24-50/h13-28H,29-44H2,1-4H3. The van der Waals surface area contributed by atoms with Gasteiger partial charge in [-0.2, -0.15) is 0 Å².